The number of hydrogen-bond acceptors (Lipinski definition) is 4. The standard InChI is InChI=1S/C18H29N3O3/c1-12(24-15-8-6-14(22)7-9-15)20-16(23)21-17(2,3)10-13(19)11-18(21,4)5/h6-9,12-13,22H,10-11,19H2,1-5H3,(H,20,23). The van der Waals surface area contributed by atoms with Crippen LogP contribution < -0.4 is 15.8 Å². The molecule has 0 radical (unpaired) electrons. The minimum absolute atomic E-state index is 0.0877. The zero-order chi connectivity index (χ0) is 18.1. The van der Waals surface area contributed by atoms with Crippen molar-refractivity contribution in [2.75, 3.05) is 0 Å². The van der Waals surface area contributed by atoms with Gasteiger partial charge in [-0.2, -0.15) is 0 Å². The average molecular weight is 335 g/mol. The molecule has 0 spiro atoms. The molecule has 1 fully saturated rings. The van der Waals surface area contributed by atoms with Crippen LogP contribution in [0.3, 0.4) is 0 Å². The van der Waals surface area contributed by atoms with Crippen molar-refractivity contribution in [3.8, 4) is 11.5 Å². The number of phenols is 1. The SMILES string of the molecule is CC(NC(=O)N1C(C)(C)CC(N)CC1(C)C)Oc1ccc(O)cc1. The Bertz CT molecular complexity index is 566. The van der Waals surface area contributed by atoms with E-state index in [0.717, 1.165) is 12.8 Å². The van der Waals surface area contributed by atoms with E-state index in [-0.39, 0.29) is 28.9 Å². The number of likely N-dealkylation sites (tertiary alicyclic amines) is 1. The zero-order valence-electron chi connectivity index (χ0n) is 15.2. The predicted octanol–water partition coefficient (Wildman–Crippen LogP) is 2.81. The Morgan fingerprint density at radius 3 is 2.25 bits per heavy atom. The Kier molecular flexibility index (Phi) is 4.99. The van der Waals surface area contributed by atoms with Crippen molar-refractivity contribution >= 4 is 6.03 Å². The second-order valence-corrected chi connectivity index (χ2v) is 7.83. The number of nitrogens with one attached hydrogen (secondary N) is 1. The number of carbonyl (C=O) groups is 1. The molecule has 0 bridgehead atoms. The van der Waals surface area contributed by atoms with E-state index in [1.165, 1.54) is 0 Å². The van der Waals surface area contributed by atoms with E-state index in [0.29, 0.717) is 5.75 Å². The second kappa shape index (κ2) is 6.51. The van der Waals surface area contributed by atoms with Gasteiger partial charge in [-0.25, -0.2) is 4.79 Å². The lowest BCUT2D eigenvalue weighted by Crippen LogP contribution is -2.67. The number of urea groups is 1. The molecule has 134 valence electrons. The summed E-state index contributed by atoms with van der Waals surface area (Å²) < 4.78 is 5.69. The van der Waals surface area contributed by atoms with E-state index >= 15 is 0 Å². The number of carbonyl (C=O) groups excluding carboxylic acids is 1. The van der Waals surface area contributed by atoms with Crippen LogP contribution in [0.2, 0.25) is 0 Å². The summed E-state index contributed by atoms with van der Waals surface area (Å²) in [5, 5.41) is 12.2. The van der Waals surface area contributed by atoms with Crippen molar-refractivity contribution in [2.24, 2.45) is 5.73 Å². The predicted molar refractivity (Wildman–Crippen MR) is 93.9 cm³/mol. The summed E-state index contributed by atoms with van der Waals surface area (Å²) in [5.41, 5.74) is 5.50. The first-order valence-electron chi connectivity index (χ1n) is 8.33. The van der Waals surface area contributed by atoms with Crippen LogP contribution in [0.5, 0.6) is 11.5 Å². The molecule has 2 amide bonds. The lowest BCUT2D eigenvalue weighted by Gasteiger charge is -2.54. The van der Waals surface area contributed by atoms with Crippen LogP contribution >= 0.6 is 0 Å². The molecule has 1 saturated heterocycles. The normalized spacial score (nSPS) is 21.2. The van der Waals surface area contributed by atoms with Crippen molar-refractivity contribution in [2.45, 2.75) is 70.8 Å². The van der Waals surface area contributed by atoms with E-state index < -0.39 is 6.23 Å². The third kappa shape index (κ3) is 4.12. The van der Waals surface area contributed by atoms with Crippen LogP contribution in [0, 0.1) is 0 Å². The highest BCUT2D eigenvalue weighted by Crippen LogP contribution is 2.37. The monoisotopic (exact) mass is 335 g/mol. The summed E-state index contributed by atoms with van der Waals surface area (Å²) in [7, 11) is 0. The molecule has 1 aromatic rings. The van der Waals surface area contributed by atoms with Gasteiger partial charge in [0.15, 0.2) is 6.23 Å². The smallest absolute Gasteiger partial charge is 0.321 e. The van der Waals surface area contributed by atoms with Crippen LogP contribution in [-0.2, 0) is 0 Å². The maximum atomic E-state index is 12.8. The van der Waals surface area contributed by atoms with Crippen molar-refractivity contribution in [3.63, 3.8) is 0 Å². The number of aromatic hydroxyl groups is 1. The second-order valence-electron chi connectivity index (χ2n) is 7.83. The molecule has 0 aromatic heterocycles. The van der Waals surface area contributed by atoms with Gasteiger partial charge in [-0.3, -0.25) is 0 Å². The average Bonchev–Trinajstić information content (AvgIpc) is 2.37. The highest BCUT2D eigenvalue weighted by molar-refractivity contribution is 5.76. The number of piperidine rings is 1. The number of benzene rings is 1. The first kappa shape index (κ1) is 18.4. The third-order valence-electron chi connectivity index (χ3n) is 4.41. The Morgan fingerprint density at radius 1 is 1.25 bits per heavy atom. The minimum atomic E-state index is -0.496. The molecule has 6 heteroatoms. The molecule has 6 nitrogen and oxygen atoms in total. The van der Waals surface area contributed by atoms with Gasteiger partial charge in [0.2, 0.25) is 0 Å². The Morgan fingerprint density at radius 2 is 1.75 bits per heavy atom. The lowest BCUT2D eigenvalue weighted by atomic mass is 9.77. The lowest BCUT2D eigenvalue weighted by molar-refractivity contribution is -0.00139. The summed E-state index contributed by atoms with van der Waals surface area (Å²) in [5.74, 6) is 0.756. The number of amides is 2. The Balaban J connectivity index is 2.05. The quantitative estimate of drug-likeness (QED) is 0.741. The largest absolute Gasteiger partial charge is 0.508 e. The van der Waals surface area contributed by atoms with Crippen molar-refractivity contribution in [1.82, 2.24) is 10.2 Å². The molecule has 0 saturated carbocycles. The van der Waals surface area contributed by atoms with Crippen LogP contribution in [0.4, 0.5) is 4.79 Å². The zero-order valence-corrected chi connectivity index (χ0v) is 15.2. The van der Waals surface area contributed by atoms with Gasteiger partial charge in [-0.15, -0.1) is 0 Å². The van der Waals surface area contributed by atoms with E-state index in [2.05, 4.69) is 5.32 Å². The van der Waals surface area contributed by atoms with Gasteiger partial charge in [-0.05, 0) is 71.7 Å². The van der Waals surface area contributed by atoms with E-state index in [1.54, 1.807) is 31.2 Å². The summed E-state index contributed by atoms with van der Waals surface area (Å²) in [6.07, 6.45) is 1.03. The molecule has 4 N–H and O–H groups in total. The number of nitrogens with two attached hydrogens (primary N) is 1. The molecule has 1 aliphatic rings. The van der Waals surface area contributed by atoms with Gasteiger partial charge in [0.1, 0.15) is 11.5 Å². The molecule has 2 rings (SSSR count). The summed E-state index contributed by atoms with van der Waals surface area (Å²) in [6.45, 7) is 9.94. The minimum Gasteiger partial charge on any atom is -0.508 e. The Labute approximate surface area is 144 Å². The van der Waals surface area contributed by atoms with Gasteiger partial charge >= 0.3 is 6.03 Å². The molecule has 1 heterocycles. The first-order chi connectivity index (χ1) is 11.0. The molecule has 24 heavy (non-hydrogen) atoms. The number of hydrogen-bond donors (Lipinski definition) is 3. The highest BCUT2D eigenvalue weighted by atomic mass is 16.5. The molecule has 0 aliphatic carbocycles. The molecule has 1 atom stereocenters. The molecule has 1 unspecified atom stereocenters. The molecule has 1 aromatic carbocycles. The first-order valence-corrected chi connectivity index (χ1v) is 8.33. The highest BCUT2D eigenvalue weighted by Gasteiger charge is 2.47. The van der Waals surface area contributed by atoms with Crippen molar-refractivity contribution in [3.05, 3.63) is 24.3 Å². The fourth-order valence-corrected chi connectivity index (χ4v) is 3.90. The topological polar surface area (TPSA) is 87.8 Å². The van der Waals surface area contributed by atoms with E-state index in [4.69, 9.17) is 10.5 Å². The number of rotatable bonds is 3. The molecule has 1 aliphatic heterocycles. The van der Waals surface area contributed by atoms with Crippen LogP contribution in [0.1, 0.15) is 47.5 Å². The van der Waals surface area contributed by atoms with E-state index in [9.17, 15) is 9.90 Å². The number of nitrogens with zero attached hydrogens (tertiary/aromatic N) is 1. The van der Waals surface area contributed by atoms with Gasteiger partial charge < -0.3 is 25.8 Å². The van der Waals surface area contributed by atoms with Crippen molar-refractivity contribution in [1.29, 1.82) is 0 Å². The number of ether oxygens (including phenoxy) is 1. The van der Waals surface area contributed by atoms with Gasteiger partial charge in [0.05, 0.1) is 0 Å². The maximum Gasteiger partial charge on any atom is 0.321 e. The molecular weight excluding hydrogens is 306 g/mol. The maximum absolute atomic E-state index is 12.8. The van der Waals surface area contributed by atoms with Gasteiger partial charge in [0, 0.05) is 17.1 Å². The fraction of sp³-hybridized carbons (Fsp3) is 0.611. The van der Waals surface area contributed by atoms with Gasteiger partial charge in [0.25, 0.3) is 0 Å². The van der Waals surface area contributed by atoms with Gasteiger partial charge in [-0.1, -0.05) is 0 Å². The van der Waals surface area contributed by atoms with Crippen LogP contribution in [0.25, 0.3) is 0 Å². The molecular formula is C18H29N3O3. The third-order valence-corrected chi connectivity index (χ3v) is 4.41. The van der Waals surface area contributed by atoms with Crippen LogP contribution in [0.15, 0.2) is 24.3 Å². The summed E-state index contributed by atoms with van der Waals surface area (Å²) in [6, 6.07) is 6.33. The van der Waals surface area contributed by atoms with Crippen molar-refractivity contribution < 1.29 is 14.6 Å². The summed E-state index contributed by atoms with van der Waals surface area (Å²) >= 11 is 0. The Hall–Kier alpha value is -1.95. The summed E-state index contributed by atoms with van der Waals surface area (Å²) in [4.78, 5) is 14.7. The fourth-order valence-electron chi connectivity index (χ4n) is 3.90. The van der Waals surface area contributed by atoms with E-state index in [1.807, 2.05) is 32.6 Å². The van der Waals surface area contributed by atoms with Crippen LogP contribution in [-0.4, -0.2) is 39.4 Å². The number of phenolic OH excluding ortho intramolecular Hbond substituents is 1.